The van der Waals surface area contributed by atoms with Crippen molar-refractivity contribution < 1.29 is 52.2 Å². The van der Waals surface area contributed by atoms with Crippen molar-refractivity contribution in [3.05, 3.63) is 70.8 Å². The number of carbonyl (C=O) groups is 1. The average Bonchev–Trinajstić information content (AvgIpc) is 3.23. The zero-order chi connectivity index (χ0) is 40.6. The Morgan fingerprint density at radius 1 is 0.439 bits per heavy atom. The number of methoxy groups -OCH3 is 2. The Labute approximate surface area is 341 Å². The first-order chi connectivity index (χ1) is 28.1. The average molecular weight is 801 g/mol. The van der Waals surface area contributed by atoms with Crippen molar-refractivity contribution in [2.45, 2.75) is 20.3 Å². The number of allylic oxidation sites excluding steroid dienone is 2. The van der Waals surface area contributed by atoms with Gasteiger partial charge in [0.15, 0.2) is 5.78 Å². The summed E-state index contributed by atoms with van der Waals surface area (Å²) >= 11 is 0. The molecule has 0 aromatic heterocycles. The van der Waals surface area contributed by atoms with Gasteiger partial charge >= 0.3 is 0 Å². The van der Waals surface area contributed by atoms with Gasteiger partial charge in [-0.25, -0.2) is 0 Å². The van der Waals surface area contributed by atoms with E-state index in [1.165, 1.54) is 5.69 Å². The maximum absolute atomic E-state index is 13.0. The number of ether oxygens (including phenoxy) is 10. The molecular weight excluding hydrogens is 732 g/mol. The first-order valence-corrected chi connectivity index (χ1v) is 20.3. The highest BCUT2D eigenvalue weighted by Crippen LogP contribution is 2.32. The van der Waals surface area contributed by atoms with Gasteiger partial charge in [-0.1, -0.05) is 24.3 Å². The van der Waals surface area contributed by atoms with E-state index < -0.39 is 0 Å². The van der Waals surface area contributed by atoms with Crippen LogP contribution in [0.1, 0.15) is 31.4 Å². The lowest BCUT2D eigenvalue weighted by atomic mass is 9.82. The van der Waals surface area contributed by atoms with Crippen LogP contribution >= 0.6 is 0 Å². The number of anilines is 2. The van der Waals surface area contributed by atoms with Gasteiger partial charge in [0.05, 0.1) is 119 Å². The van der Waals surface area contributed by atoms with E-state index in [4.69, 9.17) is 47.4 Å². The molecule has 1 aliphatic carbocycles. The number of rotatable bonds is 36. The van der Waals surface area contributed by atoms with Gasteiger partial charge in [-0.05, 0) is 61.4 Å². The van der Waals surface area contributed by atoms with E-state index in [1.807, 2.05) is 12.2 Å². The monoisotopic (exact) mass is 800 g/mol. The molecule has 0 spiro atoms. The van der Waals surface area contributed by atoms with Crippen molar-refractivity contribution in [2.24, 2.45) is 0 Å². The maximum Gasteiger partial charge on any atom is 0.185 e. The van der Waals surface area contributed by atoms with Crippen LogP contribution in [0.25, 0.3) is 12.2 Å². The minimum atomic E-state index is 0.113. The Balaban J connectivity index is 1.41. The smallest absolute Gasteiger partial charge is 0.185 e. The summed E-state index contributed by atoms with van der Waals surface area (Å²) < 4.78 is 54.8. The number of carbonyl (C=O) groups excluding carboxylic acids is 1. The van der Waals surface area contributed by atoms with Gasteiger partial charge in [0.2, 0.25) is 0 Å². The largest absolute Gasteiger partial charge is 0.382 e. The standard InChI is InChI=1S/C44H68N2O11/c1-5-45(6-2)42-11-7-38(8-12-42)35-40-37-41(44(40)47)36-39-9-13-43(14-10-39)46(15-17-50-23-25-54-31-33-56-29-27-52-21-19-48-3)16-18-51-24-26-55-32-34-57-30-28-53-22-20-49-4/h7-14,35-36H,5-6,15-34,37H2,1-4H3/b40-35-,41-36-. The van der Waals surface area contributed by atoms with Crippen LogP contribution in [0.2, 0.25) is 0 Å². The van der Waals surface area contributed by atoms with Crippen LogP contribution in [-0.2, 0) is 52.2 Å². The van der Waals surface area contributed by atoms with Crippen molar-refractivity contribution in [1.29, 1.82) is 0 Å². The fourth-order valence-corrected chi connectivity index (χ4v) is 5.78. The molecule has 2 aromatic carbocycles. The third-order valence-corrected chi connectivity index (χ3v) is 9.03. The fourth-order valence-electron chi connectivity index (χ4n) is 5.78. The summed E-state index contributed by atoms with van der Waals surface area (Å²) in [5, 5.41) is 0. The van der Waals surface area contributed by atoms with Gasteiger partial charge < -0.3 is 57.2 Å². The molecule has 0 radical (unpaired) electrons. The SMILES string of the molecule is CCN(CC)c1ccc(/C=C2/C/C(=C/c3ccc(N(CCOCCOCCOCCOCCOC)CCOCCOCCOCCOCCOC)cc3)C2=O)cc1. The first-order valence-electron chi connectivity index (χ1n) is 20.3. The van der Waals surface area contributed by atoms with Crippen molar-refractivity contribution in [3.8, 4) is 0 Å². The van der Waals surface area contributed by atoms with Gasteiger partial charge in [0.25, 0.3) is 0 Å². The minimum absolute atomic E-state index is 0.113. The summed E-state index contributed by atoms with van der Waals surface area (Å²) in [6.45, 7) is 17.1. The molecular formula is C44H68N2O11. The predicted molar refractivity (Wildman–Crippen MR) is 225 cm³/mol. The van der Waals surface area contributed by atoms with Crippen LogP contribution in [0.4, 0.5) is 11.4 Å². The van der Waals surface area contributed by atoms with Gasteiger partial charge in [0.1, 0.15) is 0 Å². The summed E-state index contributed by atoms with van der Waals surface area (Å²) in [5.41, 5.74) is 5.97. The number of benzene rings is 2. The highest BCUT2D eigenvalue weighted by atomic mass is 16.6. The van der Waals surface area contributed by atoms with E-state index >= 15 is 0 Å². The molecule has 0 heterocycles. The van der Waals surface area contributed by atoms with E-state index in [2.05, 4.69) is 72.2 Å². The zero-order valence-electron chi connectivity index (χ0n) is 34.9. The van der Waals surface area contributed by atoms with E-state index in [-0.39, 0.29) is 5.78 Å². The molecule has 13 nitrogen and oxygen atoms in total. The molecule has 1 aliphatic rings. The van der Waals surface area contributed by atoms with E-state index in [0.29, 0.717) is 138 Å². The van der Waals surface area contributed by atoms with Gasteiger partial charge in [-0.3, -0.25) is 4.79 Å². The van der Waals surface area contributed by atoms with Gasteiger partial charge in [-0.15, -0.1) is 0 Å². The van der Waals surface area contributed by atoms with E-state index in [0.717, 1.165) is 41.1 Å². The summed E-state index contributed by atoms with van der Waals surface area (Å²) in [7, 11) is 3.30. The lowest BCUT2D eigenvalue weighted by molar-refractivity contribution is -0.114. The van der Waals surface area contributed by atoms with Crippen molar-refractivity contribution in [1.82, 2.24) is 0 Å². The third kappa shape index (κ3) is 20.9. The maximum atomic E-state index is 13.0. The molecule has 320 valence electrons. The molecule has 0 atom stereocenters. The van der Waals surface area contributed by atoms with Crippen LogP contribution in [0.3, 0.4) is 0 Å². The van der Waals surface area contributed by atoms with Crippen molar-refractivity contribution >= 4 is 29.3 Å². The minimum Gasteiger partial charge on any atom is -0.382 e. The second kappa shape index (κ2) is 31.7. The topological polar surface area (TPSA) is 116 Å². The van der Waals surface area contributed by atoms with Crippen LogP contribution in [0, 0.1) is 0 Å². The Bertz CT molecular complexity index is 1340. The Morgan fingerprint density at radius 2 is 0.737 bits per heavy atom. The zero-order valence-corrected chi connectivity index (χ0v) is 34.9. The summed E-state index contributed by atoms with van der Waals surface area (Å²) in [4.78, 5) is 17.6. The third-order valence-electron chi connectivity index (χ3n) is 9.03. The van der Waals surface area contributed by atoms with Crippen LogP contribution in [0.15, 0.2) is 59.7 Å². The second-order valence-electron chi connectivity index (χ2n) is 13.1. The molecule has 1 saturated carbocycles. The van der Waals surface area contributed by atoms with Crippen LogP contribution < -0.4 is 9.80 Å². The van der Waals surface area contributed by atoms with Gasteiger partial charge in [-0.2, -0.15) is 0 Å². The lowest BCUT2D eigenvalue weighted by Crippen LogP contribution is -2.31. The number of nitrogens with zero attached hydrogens (tertiary/aromatic N) is 2. The Morgan fingerprint density at radius 3 is 1.04 bits per heavy atom. The highest BCUT2D eigenvalue weighted by Gasteiger charge is 2.27. The molecule has 2 aromatic rings. The molecule has 3 rings (SSSR count). The Hall–Kier alpha value is -3.21. The van der Waals surface area contributed by atoms with Crippen molar-refractivity contribution in [2.75, 3.05) is 169 Å². The normalized spacial score (nSPS) is 14.1. The van der Waals surface area contributed by atoms with E-state index in [1.54, 1.807) is 14.2 Å². The van der Waals surface area contributed by atoms with E-state index in [9.17, 15) is 4.79 Å². The second-order valence-corrected chi connectivity index (χ2v) is 13.1. The summed E-state index contributed by atoms with van der Waals surface area (Å²) in [5.74, 6) is 0.113. The quantitative estimate of drug-likeness (QED) is 0.0665. The molecule has 0 N–H and O–H groups in total. The first kappa shape index (κ1) is 48.2. The molecule has 0 aliphatic heterocycles. The highest BCUT2D eigenvalue weighted by molar-refractivity contribution is 6.20. The van der Waals surface area contributed by atoms with Crippen LogP contribution in [-0.4, -0.2) is 165 Å². The van der Waals surface area contributed by atoms with Crippen LogP contribution in [0.5, 0.6) is 0 Å². The number of ketones is 1. The molecule has 57 heavy (non-hydrogen) atoms. The molecule has 0 saturated heterocycles. The Kier molecular flexibility index (Phi) is 26.8. The summed E-state index contributed by atoms with van der Waals surface area (Å²) in [6, 6.07) is 16.7. The molecule has 0 amide bonds. The van der Waals surface area contributed by atoms with Crippen molar-refractivity contribution in [3.63, 3.8) is 0 Å². The number of Topliss-reactive ketones (excluding diaryl/α,β-unsaturated/α-hetero) is 1. The van der Waals surface area contributed by atoms with Gasteiger partial charge in [0, 0.05) is 69.3 Å². The number of hydrogen-bond acceptors (Lipinski definition) is 13. The fraction of sp³-hybridized carbons (Fsp3) is 0.614. The molecule has 1 fully saturated rings. The number of hydrogen-bond donors (Lipinski definition) is 0. The molecule has 0 unspecified atom stereocenters. The summed E-state index contributed by atoms with van der Waals surface area (Å²) in [6.07, 6.45) is 4.67. The lowest BCUT2D eigenvalue weighted by Gasteiger charge is -2.25. The predicted octanol–water partition coefficient (Wildman–Crippen LogP) is 5.20. The molecule has 0 bridgehead atoms. The molecule has 13 heteroatoms.